The number of nitrogens with one attached hydrogen (secondary N) is 1. The van der Waals surface area contributed by atoms with Crippen molar-refractivity contribution in [2.24, 2.45) is 0 Å². The summed E-state index contributed by atoms with van der Waals surface area (Å²) in [5, 5.41) is 7.36. The van der Waals surface area contributed by atoms with E-state index in [1.165, 1.54) is 0 Å². The van der Waals surface area contributed by atoms with Gasteiger partial charge in [0.05, 0.1) is 19.7 Å². The number of aromatic nitrogens is 2. The van der Waals surface area contributed by atoms with Crippen molar-refractivity contribution in [3.05, 3.63) is 30.2 Å². The van der Waals surface area contributed by atoms with Crippen LogP contribution in [0.4, 0.5) is 0 Å². The van der Waals surface area contributed by atoms with Crippen LogP contribution in [0, 0.1) is 0 Å². The molecule has 1 unspecified atom stereocenters. The van der Waals surface area contributed by atoms with Crippen molar-refractivity contribution >= 4 is 18.3 Å². The largest absolute Gasteiger partial charge is 0.497 e. The van der Waals surface area contributed by atoms with E-state index in [9.17, 15) is 4.79 Å². The average Bonchev–Trinajstić information content (AvgIpc) is 3.40. The molecular weight excluding hydrogens is 382 g/mol. The second kappa shape index (κ2) is 9.36. The molecule has 28 heavy (non-hydrogen) atoms. The molecule has 0 bridgehead atoms. The molecule has 0 aliphatic carbocycles. The van der Waals surface area contributed by atoms with E-state index in [1.54, 1.807) is 7.11 Å². The molecule has 2 aliphatic rings. The normalized spacial score (nSPS) is 20.0. The first-order valence-corrected chi connectivity index (χ1v) is 9.44. The minimum Gasteiger partial charge on any atom is -0.497 e. The molecule has 3 heterocycles. The van der Waals surface area contributed by atoms with Crippen LogP contribution in [0.25, 0.3) is 11.4 Å². The van der Waals surface area contributed by atoms with Crippen LogP contribution in [-0.2, 0) is 11.3 Å². The van der Waals surface area contributed by atoms with Crippen LogP contribution in [0.3, 0.4) is 0 Å². The number of halogens is 1. The van der Waals surface area contributed by atoms with Gasteiger partial charge < -0.3 is 19.5 Å². The number of carbonyl (C=O) groups is 1. The quantitative estimate of drug-likeness (QED) is 0.805. The van der Waals surface area contributed by atoms with Crippen LogP contribution in [0.15, 0.2) is 28.8 Å². The van der Waals surface area contributed by atoms with Crippen LogP contribution >= 0.6 is 12.4 Å². The molecule has 152 valence electrons. The zero-order valence-corrected chi connectivity index (χ0v) is 16.8. The number of amides is 1. The molecule has 0 saturated carbocycles. The van der Waals surface area contributed by atoms with Crippen LogP contribution in [0.5, 0.6) is 5.75 Å². The molecule has 4 rings (SSSR count). The Morgan fingerprint density at radius 2 is 2.00 bits per heavy atom. The molecule has 2 saturated heterocycles. The van der Waals surface area contributed by atoms with Gasteiger partial charge in [-0.15, -0.1) is 12.4 Å². The Morgan fingerprint density at radius 3 is 2.64 bits per heavy atom. The summed E-state index contributed by atoms with van der Waals surface area (Å²) in [5.74, 6) is 2.21. The van der Waals surface area contributed by atoms with E-state index < -0.39 is 0 Å². The monoisotopic (exact) mass is 407 g/mol. The van der Waals surface area contributed by atoms with Crippen molar-refractivity contribution < 1.29 is 14.1 Å². The van der Waals surface area contributed by atoms with Crippen molar-refractivity contribution in [2.45, 2.75) is 25.4 Å². The van der Waals surface area contributed by atoms with Crippen LogP contribution in [0.1, 0.15) is 18.7 Å². The summed E-state index contributed by atoms with van der Waals surface area (Å²) in [7, 11) is 1.64. The lowest BCUT2D eigenvalue weighted by Gasteiger charge is -2.35. The second-order valence-corrected chi connectivity index (χ2v) is 6.99. The SMILES string of the molecule is COc1ccc(-c2noc(CN3CCN(C(=O)C4CCCN4)CC3)n2)cc1.Cl. The number of ether oxygens (including phenoxy) is 1. The van der Waals surface area contributed by atoms with Gasteiger partial charge in [0.25, 0.3) is 0 Å². The first-order valence-electron chi connectivity index (χ1n) is 9.44. The molecule has 1 aromatic heterocycles. The number of benzene rings is 1. The Morgan fingerprint density at radius 1 is 1.25 bits per heavy atom. The van der Waals surface area contributed by atoms with E-state index in [4.69, 9.17) is 9.26 Å². The minimum absolute atomic E-state index is 0. The van der Waals surface area contributed by atoms with Crippen molar-refractivity contribution in [1.29, 1.82) is 0 Å². The Hall–Kier alpha value is -2.16. The molecule has 0 spiro atoms. The summed E-state index contributed by atoms with van der Waals surface area (Å²) in [5.41, 5.74) is 0.894. The predicted octanol–water partition coefficient (Wildman–Crippen LogP) is 1.56. The highest BCUT2D eigenvalue weighted by atomic mass is 35.5. The lowest BCUT2D eigenvalue weighted by Crippen LogP contribution is -2.52. The number of hydrogen-bond acceptors (Lipinski definition) is 7. The maximum Gasteiger partial charge on any atom is 0.241 e. The van der Waals surface area contributed by atoms with Gasteiger partial charge in [0, 0.05) is 31.7 Å². The van der Waals surface area contributed by atoms with E-state index in [-0.39, 0.29) is 24.4 Å². The van der Waals surface area contributed by atoms with Gasteiger partial charge in [0.1, 0.15) is 5.75 Å². The molecule has 2 aromatic rings. The maximum atomic E-state index is 12.5. The molecule has 2 aliphatic heterocycles. The zero-order valence-electron chi connectivity index (χ0n) is 16.0. The fourth-order valence-electron chi connectivity index (χ4n) is 3.61. The topological polar surface area (TPSA) is 83.7 Å². The smallest absolute Gasteiger partial charge is 0.241 e. The second-order valence-electron chi connectivity index (χ2n) is 6.99. The lowest BCUT2D eigenvalue weighted by atomic mass is 10.2. The molecule has 1 atom stereocenters. The lowest BCUT2D eigenvalue weighted by molar-refractivity contribution is -0.134. The van der Waals surface area contributed by atoms with E-state index in [0.29, 0.717) is 18.3 Å². The van der Waals surface area contributed by atoms with Gasteiger partial charge >= 0.3 is 0 Å². The number of piperazine rings is 1. The molecule has 1 N–H and O–H groups in total. The molecule has 1 amide bonds. The number of carbonyl (C=O) groups excluding carboxylic acids is 1. The summed E-state index contributed by atoms with van der Waals surface area (Å²) in [4.78, 5) is 21.2. The minimum atomic E-state index is 0. The first kappa shape index (κ1) is 20.6. The molecule has 8 nitrogen and oxygen atoms in total. The Balaban J connectivity index is 0.00000225. The molecule has 0 radical (unpaired) electrons. The Bertz CT molecular complexity index is 768. The highest BCUT2D eigenvalue weighted by Gasteiger charge is 2.29. The van der Waals surface area contributed by atoms with Gasteiger partial charge in [0.15, 0.2) is 0 Å². The van der Waals surface area contributed by atoms with Gasteiger partial charge in [-0.05, 0) is 43.7 Å². The summed E-state index contributed by atoms with van der Waals surface area (Å²) < 4.78 is 10.6. The van der Waals surface area contributed by atoms with Crippen LogP contribution in [0.2, 0.25) is 0 Å². The van der Waals surface area contributed by atoms with Crippen molar-refractivity contribution in [2.75, 3.05) is 39.8 Å². The number of rotatable bonds is 5. The zero-order chi connectivity index (χ0) is 18.6. The van der Waals surface area contributed by atoms with Gasteiger partial charge in [0.2, 0.25) is 17.6 Å². The van der Waals surface area contributed by atoms with Crippen LogP contribution < -0.4 is 10.1 Å². The van der Waals surface area contributed by atoms with E-state index in [2.05, 4.69) is 20.4 Å². The summed E-state index contributed by atoms with van der Waals surface area (Å²) in [6, 6.07) is 7.59. The number of methoxy groups -OCH3 is 1. The fraction of sp³-hybridized carbons (Fsp3) is 0.526. The van der Waals surface area contributed by atoms with E-state index >= 15 is 0 Å². The van der Waals surface area contributed by atoms with Gasteiger partial charge in [-0.25, -0.2) is 0 Å². The van der Waals surface area contributed by atoms with E-state index in [1.807, 2.05) is 29.2 Å². The highest BCUT2D eigenvalue weighted by molar-refractivity contribution is 5.85. The van der Waals surface area contributed by atoms with Gasteiger partial charge in [-0.2, -0.15) is 4.98 Å². The maximum absolute atomic E-state index is 12.5. The third-order valence-corrected chi connectivity index (χ3v) is 5.22. The van der Waals surface area contributed by atoms with Crippen molar-refractivity contribution in [1.82, 2.24) is 25.3 Å². The standard InChI is InChI=1S/C19H25N5O3.ClH/c1-26-15-6-4-14(5-7-15)18-21-17(27-22-18)13-23-9-11-24(12-10-23)19(25)16-3-2-8-20-16;/h4-7,16,20H,2-3,8-13H2,1H3;1H. The number of hydrogen-bond donors (Lipinski definition) is 1. The highest BCUT2D eigenvalue weighted by Crippen LogP contribution is 2.20. The Kier molecular flexibility index (Phi) is 6.88. The Labute approximate surface area is 170 Å². The van der Waals surface area contributed by atoms with Crippen LogP contribution in [-0.4, -0.2) is 71.7 Å². The van der Waals surface area contributed by atoms with Gasteiger partial charge in [-0.1, -0.05) is 5.16 Å². The fourth-order valence-corrected chi connectivity index (χ4v) is 3.61. The van der Waals surface area contributed by atoms with Crippen molar-refractivity contribution in [3.63, 3.8) is 0 Å². The third-order valence-electron chi connectivity index (χ3n) is 5.22. The van der Waals surface area contributed by atoms with E-state index in [0.717, 1.165) is 56.9 Å². The molecule has 1 aromatic carbocycles. The number of nitrogens with zero attached hydrogens (tertiary/aromatic N) is 4. The average molecular weight is 408 g/mol. The first-order chi connectivity index (χ1) is 13.2. The molecular formula is C19H26ClN5O3. The van der Waals surface area contributed by atoms with Gasteiger partial charge in [-0.3, -0.25) is 9.69 Å². The third kappa shape index (κ3) is 4.63. The molecule has 9 heteroatoms. The predicted molar refractivity (Wildman–Crippen MR) is 106 cm³/mol. The molecule has 2 fully saturated rings. The summed E-state index contributed by atoms with van der Waals surface area (Å²) >= 11 is 0. The summed E-state index contributed by atoms with van der Waals surface area (Å²) in [6.07, 6.45) is 2.04. The van der Waals surface area contributed by atoms with Crippen molar-refractivity contribution in [3.8, 4) is 17.1 Å². The summed E-state index contributed by atoms with van der Waals surface area (Å²) in [6.45, 7) is 4.68.